The van der Waals surface area contributed by atoms with E-state index in [1.807, 2.05) is 18.4 Å². The van der Waals surface area contributed by atoms with Gasteiger partial charge in [0.25, 0.3) is 5.91 Å². The lowest BCUT2D eigenvalue weighted by molar-refractivity contribution is 0.0526. The molecule has 30 heavy (non-hydrogen) atoms. The zero-order chi connectivity index (χ0) is 21.7. The van der Waals surface area contributed by atoms with Crippen molar-refractivity contribution in [2.45, 2.75) is 66.3 Å². The van der Waals surface area contributed by atoms with Gasteiger partial charge in [0.1, 0.15) is 0 Å². The highest BCUT2D eigenvalue weighted by molar-refractivity contribution is 7.11. The first kappa shape index (κ1) is 22.5. The number of ether oxygens (including phenoxy) is 1. The van der Waals surface area contributed by atoms with Crippen LogP contribution in [0.25, 0.3) is 11.4 Å². The van der Waals surface area contributed by atoms with Crippen LogP contribution in [0.3, 0.4) is 0 Å². The fourth-order valence-corrected chi connectivity index (χ4v) is 4.79. The Morgan fingerprint density at radius 2 is 2.03 bits per heavy atom. The van der Waals surface area contributed by atoms with Crippen molar-refractivity contribution in [3.05, 3.63) is 27.7 Å². The summed E-state index contributed by atoms with van der Waals surface area (Å²) in [6.45, 7) is 9.91. The molecule has 2 heterocycles. The average Bonchev–Trinajstić information content (AvgIpc) is 3.33. The summed E-state index contributed by atoms with van der Waals surface area (Å²) < 4.78 is 7.21. The zero-order valence-corrected chi connectivity index (χ0v) is 19.3. The average molecular weight is 432 g/mol. The minimum atomic E-state index is -0.405. The van der Waals surface area contributed by atoms with Crippen molar-refractivity contribution in [2.75, 3.05) is 13.2 Å². The van der Waals surface area contributed by atoms with Crippen molar-refractivity contribution in [3.8, 4) is 11.4 Å². The molecule has 0 aliphatic heterocycles. The smallest absolute Gasteiger partial charge is 0.367 e. The van der Waals surface area contributed by atoms with Gasteiger partial charge in [0.2, 0.25) is 5.01 Å². The maximum atomic E-state index is 13.0. The molecule has 1 saturated carbocycles. The summed E-state index contributed by atoms with van der Waals surface area (Å²) >= 11 is 1.27. The summed E-state index contributed by atoms with van der Waals surface area (Å²) in [5.41, 5.74) is 3.20. The first-order valence-corrected chi connectivity index (χ1v) is 11.9. The maximum absolute atomic E-state index is 13.0. The van der Waals surface area contributed by atoms with Crippen LogP contribution in [0.4, 0.5) is 0 Å². The van der Waals surface area contributed by atoms with E-state index in [1.165, 1.54) is 43.4 Å². The van der Waals surface area contributed by atoms with Crippen LogP contribution >= 0.6 is 11.3 Å². The maximum Gasteiger partial charge on any atom is 0.367 e. The van der Waals surface area contributed by atoms with Gasteiger partial charge in [-0.1, -0.05) is 33.1 Å². The summed E-state index contributed by atoms with van der Waals surface area (Å²) in [5, 5.41) is 5.35. The summed E-state index contributed by atoms with van der Waals surface area (Å²) in [5.74, 6) is 0.572. The van der Waals surface area contributed by atoms with E-state index in [2.05, 4.69) is 28.7 Å². The van der Waals surface area contributed by atoms with Gasteiger partial charge in [-0.2, -0.15) is 0 Å². The summed E-state index contributed by atoms with van der Waals surface area (Å²) in [7, 11) is 0. The van der Waals surface area contributed by atoms with Gasteiger partial charge < -0.3 is 14.6 Å². The van der Waals surface area contributed by atoms with E-state index >= 15 is 0 Å². The number of carbonyl (C=O) groups is 2. The Morgan fingerprint density at radius 3 is 2.70 bits per heavy atom. The number of carbonyl (C=O) groups excluding carboxylic acids is 2. The predicted octanol–water partition coefficient (Wildman–Crippen LogP) is 5.06. The van der Waals surface area contributed by atoms with Gasteiger partial charge in [-0.3, -0.25) is 4.79 Å². The number of thiazole rings is 1. The molecule has 0 bridgehead atoms. The Balaban J connectivity index is 1.84. The van der Waals surface area contributed by atoms with E-state index in [4.69, 9.17) is 4.74 Å². The molecule has 7 heteroatoms. The summed E-state index contributed by atoms with van der Waals surface area (Å²) in [6, 6.07) is 1.91. The topological polar surface area (TPSA) is 73.2 Å². The Labute approximate surface area is 183 Å². The van der Waals surface area contributed by atoms with E-state index in [0.29, 0.717) is 34.7 Å². The van der Waals surface area contributed by atoms with Crippen molar-refractivity contribution in [1.82, 2.24) is 14.9 Å². The van der Waals surface area contributed by atoms with Gasteiger partial charge in [0.15, 0.2) is 0 Å². The van der Waals surface area contributed by atoms with Crippen LogP contribution in [0.2, 0.25) is 0 Å². The van der Waals surface area contributed by atoms with Gasteiger partial charge >= 0.3 is 5.97 Å². The molecule has 1 aliphatic carbocycles. The second-order valence-electron chi connectivity index (χ2n) is 8.51. The lowest BCUT2D eigenvalue weighted by Crippen LogP contribution is -2.30. The van der Waals surface area contributed by atoms with Crippen LogP contribution in [0.15, 0.2) is 11.4 Å². The quantitative estimate of drug-likeness (QED) is 0.593. The van der Waals surface area contributed by atoms with E-state index in [-0.39, 0.29) is 5.91 Å². The first-order chi connectivity index (χ1) is 14.4. The Bertz CT molecular complexity index is 878. The fourth-order valence-electron chi connectivity index (χ4n) is 4.09. The molecule has 0 aromatic carbocycles. The highest BCUT2D eigenvalue weighted by atomic mass is 32.1. The highest BCUT2D eigenvalue weighted by Crippen LogP contribution is 2.29. The molecule has 0 radical (unpaired) electrons. The molecule has 3 rings (SSSR count). The van der Waals surface area contributed by atoms with Crippen LogP contribution in [0.5, 0.6) is 0 Å². The third-order valence-electron chi connectivity index (χ3n) is 5.65. The monoisotopic (exact) mass is 431 g/mol. The number of amides is 1. The molecule has 2 aromatic heterocycles. The molecule has 1 aliphatic rings. The summed E-state index contributed by atoms with van der Waals surface area (Å²) in [4.78, 5) is 29.5. The largest absolute Gasteiger partial charge is 0.461 e. The van der Waals surface area contributed by atoms with E-state index in [0.717, 1.165) is 24.5 Å². The molecule has 0 unspecified atom stereocenters. The van der Waals surface area contributed by atoms with Crippen molar-refractivity contribution in [2.24, 2.45) is 11.8 Å². The molecule has 0 spiro atoms. The molecular weight excluding hydrogens is 398 g/mol. The Hall–Kier alpha value is -2.15. The number of hydrogen-bond acceptors (Lipinski definition) is 5. The third-order valence-corrected chi connectivity index (χ3v) is 6.47. The lowest BCUT2D eigenvalue weighted by Gasteiger charge is -2.21. The summed E-state index contributed by atoms with van der Waals surface area (Å²) in [6.07, 6.45) is 6.25. The third kappa shape index (κ3) is 5.31. The highest BCUT2D eigenvalue weighted by Gasteiger charge is 2.23. The van der Waals surface area contributed by atoms with Crippen molar-refractivity contribution in [3.63, 3.8) is 0 Å². The van der Waals surface area contributed by atoms with Crippen LogP contribution in [0.1, 0.15) is 78.7 Å². The van der Waals surface area contributed by atoms with E-state index in [9.17, 15) is 9.59 Å². The number of esters is 1. The molecule has 1 fully saturated rings. The van der Waals surface area contributed by atoms with Crippen LogP contribution in [0, 0.1) is 18.8 Å². The van der Waals surface area contributed by atoms with Crippen molar-refractivity contribution in [1.29, 1.82) is 0 Å². The number of nitrogens with zero attached hydrogens (tertiary/aromatic N) is 2. The number of nitrogens with one attached hydrogen (secondary N) is 1. The van der Waals surface area contributed by atoms with Gasteiger partial charge in [-0.15, -0.1) is 11.3 Å². The SMILES string of the molecule is CCOC(=O)c1nc(-c2cc(C(=O)NCC3CCCCC3)c(C)n2CC(C)C)cs1. The van der Waals surface area contributed by atoms with E-state index in [1.54, 1.807) is 6.92 Å². The van der Waals surface area contributed by atoms with E-state index < -0.39 is 5.97 Å². The lowest BCUT2D eigenvalue weighted by atomic mass is 9.89. The number of rotatable bonds is 8. The molecule has 164 valence electrons. The van der Waals surface area contributed by atoms with Gasteiger partial charge in [0, 0.05) is 24.2 Å². The predicted molar refractivity (Wildman–Crippen MR) is 120 cm³/mol. The van der Waals surface area contributed by atoms with Crippen molar-refractivity contribution >= 4 is 23.2 Å². The number of hydrogen-bond donors (Lipinski definition) is 1. The van der Waals surface area contributed by atoms with Gasteiger partial charge in [0.05, 0.1) is 23.6 Å². The molecule has 1 N–H and O–H groups in total. The van der Waals surface area contributed by atoms with Crippen molar-refractivity contribution < 1.29 is 14.3 Å². The number of aromatic nitrogens is 2. The molecule has 6 nitrogen and oxygen atoms in total. The van der Waals surface area contributed by atoms with Crippen LogP contribution < -0.4 is 5.32 Å². The zero-order valence-electron chi connectivity index (χ0n) is 18.5. The second-order valence-corrected chi connectivity index (χ2v) is 9.36. The minimum Gasteiger partial charge on any atom is -0.461 e. The van der Waals surface area contributed by atoms with Gasteiger partial charge in [-0.05, 0) is 44.6 Å². The fraction of sp³-hybridized carbons (Fsp3) is 0.609. The Kier molecular flexibility index (Phi) is 7.69. The molecular formula is C23H33N3O3S. The molecule has 2 aromatic rings. The molecule has 1 amide bonds. The van der Waals surface area contributed by atoms with Crippen LogP contribution in [-0.2, 0) is 11.3 Å². The Morgan fingerprint density at radius 1 is 1.30 bits per heavy atom. The first-order valence-electron chi connectivity index (χ1n) is 11.0. The van der Waals surface area contributed by atoms with Gasteiger partial charge in [-0.25, -0.2) is 9.78 Å². The molecule has 0 atom stereocenters. The normalized spacial score (nSPS) is 14.8. The van der Waals surface area contributed by atoms with Crippen LogP contribution in [-0.4, -0.2) is 34.6 Å². The molecule has 0 saturated heterocycles. The second kappa shape index (κ2) is 10.2. The standard InChI is InChI=1S/C23H33N3O3S/c1-5-29-23(28)22-25-19(14-30-22)20-11-18(16(4)26(20)13-15(2)3)21(27)24-12-17-9-7-6-8-10-17/h11,14-15,17H,5-10,12-13H2,1-4H3,(H,24,27). The minimum absolute atomic E-state index is 0.0253.